The van der Waals surface area contributed by atoms with Crippen LogP contribution >= 0.6 is 0 Å². The zero-order valence-corrected chi connectivity index (χ0v) is 4.69. The SMILES string of the molecule is C=C(C)C(=O)[CH]C. The Morgan fingerprint density at radius 3 is 2.14 bits per heavy atom. The van der Waals surface area contributed by atoms with Crippen LogP contribution in [0, 0.1) is 6.42 Å². The van der Waals surface area contributed by atoms with Crippen molar-refractivity contribution in [2.75, 3.05) is 0 Å². The van der Waals surface area contributed by atoms with Crippen LogP contribution in [0.25, 0.3) is 0 Å². The molecule has 7 heavy (non-hydrogen) atoms. The van der Waals surface area contributed by atoms with Gasteiger partial charge in [-0.2, -0.15) is 0 Å². The first-order valence-electron chi connectivity index (χ1n) is 2.17. The van der Waals surface area contributed by atoms with Gasteiger partial charge in [-0.15, -0.1) is 0 Å². The van der Waals surface area contributed by atoms with Crippen molar-refractivity contribution < 1.29 is 4.79 Å². The summed E-state index contributed by atoms with van der Waals surface area (Å²) in [7, 11) is 0. The van der Waals surface area contributed by atoms with Gasteiger partial charge in [0.1, 0.15) is 0 Å². The zero-order chi connectivity index (χ0) is 5.86. The van der Waals surface area contributed by atoms with E-state index in [1.54, 1.807) is 13.8 Å². The average molecular weight is 97.1 g/mol. The third-order valence-electron chi connectivity index (χ3n) is 0.683. The van der Waals surface area contributed by atoms with Gasteiger partial charge < -0.3 is 0 Å². The van der Waals surface area contributed by atoms with Crippen LogP contribution in [0.15, 0.2) is 12.2 Å². The van der Waals surface area contributed by atoms with Crippen molar-refractivity contribution in [3.8, 4) is 0 Å². The molecule has 0 aromatic heterocycles. The molecule has 0 saturated carbocycles. The van der Waals surface area contributed by atoms with Gasteiger partial charge in [-0.3, -0.25) is 4.79 Å². The highest BCUT2D eigenvalue weighted by Crippen LogP contribution is 1.90. The normalized spacial score (nSPS) is 8.29. The Morgan fingerprint density at radius 1 is 1.71 bits per heavy atom. The van der Waals surface area contributed by atoms with Gasteiger partial charge in [-0.25, -0.2) is 0 Å². The summed E-state index contributed by atoms with van der Waals surface area (Å²) in [6.45, 7) is 6.85. The monoisotopic (exact) mass is 97.1 g/mol. The number of hydrogen-bond acceptors (Lipinski definition) is 1. The lowest BCUT2D eigenvalue weighted by molar-refractivity contribution is -0.112. The maximum atomic E-state index is 10.4. The fourth-order valence-electron chi connectivity index (χ4n) is 0.246. The van der Waals surface area contributed by atoms with Crippen LogP contribution in [0.2, 0.25) is 0 Å². The number of rotatable bonds is 2. The molecule has 0 aromatic rings. The predicted molar refractivity (Wildman–Crippen MR) is 29.8 cm³/mol. The van der Waals surface area contributed by atoms with Gasteiger partial charge in [0.15, 0.2) is 5.78 Å². The zero-order valence-electron chi connectivity index (χ0n) is 4.69. The number of Topliss-reactive ketones (excluding diaryl/α,β-unsaturated/α-hetero) is 1. The summed E-state index contributed by atoms with van der Waals surface area (Å²) in [5.41, 5.74) is 0.600. The molecule has 0 N–H and O–H groups in total. The number of hydrogen-bond donors (Lipinski definition) is 0. The molecule has 0 amide bonds. The Hall–Kier alpha value is -0.590. The lowest BCUT2D eigenvalue weighted by atomic mass is 10.2. The van der Waals surface area contributed by atoms with E-state index in [1.807, 2.05) is 0 Å². The van der Waals surface area contributed by atoms with Gasteiger partial charge in [0, 0.05) is 6.42 Å². The second-order valence-electron chi connectivity index (χ2n) is 1.43. The van der Waals surface area contributed by atoms with Crippen molar-refractivity contribution in [2.24, 2.45) is 0 Å². The van der Waals surface area contributed by atoms with E-state index in [9.17, 15) is 4.79 Å². The quantitative estimate of drug-likeness (QED) is 0.475. The van der Waals surface area contributed by atoms with Crippen LogP contribution in [-0.4, -0.2) is 5.78 Å². The van der Waals surface area contributed by atoms with Crippen molar-refractivity contribution in [3.63, 3.8) is 0 Å². The van der Waals surface area contributed by atoms with E-state index in [0.717, 1.165) is 0 Å². The third kappa shape index (κ3) is 2.15. The van der Waals surface area contributed by atoms with Crippen LogP contribution in [0.3, 0.4) is 0 Å². The summed E-state index contributed by atoms with van der Waals surface area (Å²) >= 11 is 0. The molecule has 0 aliphatic rings. The lowest BCUT2D eigenvalue weighted by Gasteiger charge is -1.87. The number of ketones is 1. The molecule has 0 fully saturated rings. The summed E-state index contributed by atoms with van der Waals surface area (Å²) < 4.78 is 0. The second-order valence-corrected chi connectivity index (χ2v) is 1.43. The predicted octanol–water partition coefficient (Wildman–Crippen LogP) is 1.36. The minimum absolute atomic E-state index is 0.0278. The molecule has 1 radical (unpaired) electrons. The molecule has 0 aliphatic heterocycles. The van der Waals surface area contributed by atoms with Crippen LogP contribution in [0.5, 0.6) is 0 Å². The fourth-order valence-corrected chi connectivity index (χ4v) is 0.246. The molecule has 1 nitrogen and oxygen atoms in total. The van der Waals surface area contributed by atoms with E-state index >= 15 is 0 Å². The summed E-state index contributed by atoms with van der Waals surface area (Å²) in [5, 5.41) is 0. The van der Waals surface area contributed by atoms with E-state index in [1.165, 1.54) is 6.42 Å². The van der Waals surface area contributed by atoms with Gasteiger partial charge in [0.25, 0.3) is 0 Å². The van der Waals surface area contributed by atoms with Gasteiger partial charge >= 0.3 is 0 Å². The van der Waals surface area contributed by atoms with E-state index in [-0.39, 0.29) is 5.78 Å². The molecule has 0 heterocycles. The fraction of sp³-hybridized carbons (Fsp3) is 0.333. The van der Waals surface area contributed by atoms with Gasteiger partial charge in [-0.1, -0.05) is 13.5 Å². The molecule has 0 rings (SSSR count). The molecular formula is C6H9O. The smallest absolute Gasteiger partial charge is 0.161 e. The van der Waals surface area contributed by atoms with Crippen molar-refractivity contribution >= 4 is 5.78 Å². The first kappa shape index (κ1) is 6.41. The number of carbonyl (C=O) groups excluding carboxylic acids is 1. The maximum absolute atomic E-state index is 10.4. The first-order valence-corrected chi connectivity index (χ1v) is 2.17. The maximum Gasteiger partial charge on any atom is 0.161 e. The van der Waals surface area contributed by atoms with Crippen LogP contribution in [0.1, 0.15) is 13.8 Å². The van der Waals surface area contributed by atoms with Crippen molar-refractivity contribution in [1.29, 1.82) is 0 Å². The molecule has 0 aliphatic carbocycles. The molecule has 39 valence electrons. The minimum atomic E-state index is 0.0278. The van der Waals surface area contributed by atoms with Crippen LogP contribution < -0.4 is 0 Å². The summed E-state index contributed by atoms with van der Waals surface area (Å²) in [6, 6.07) is 0. The Balaban J connectivity index is 3.58. The molecule has 1 heteroatoms. The molecule has 0 unspecified atom stereocenters. The van der Waals surface area contributed by atoms with Gasteiger partial charge in [0.05, 0.1) is 0 Å². The highest BCUT2D eigenvalue weighted by Gasteiger charge is 1.94. The van der Waals surface area contributed by atoms with Crippen LogP contribution in [-0.2, 0) is 4.79 Å². The third-order valence-corrected chi connectivity index (χ3v) is 0.683. The molecule has 0 bridgehead atoms. The van der Waals surface area contributed by atoms with Crippen molar-refractivity contribution in [3.05, 3.63) is 18.6 Å². The summed E-state index contributed by atoms with van der Waals surface area (Å²) in [5.74, 6) is 0.0278. The Morgan fingerprint density at radius 2 is 2.14 bits per heavy atom. The Labute approximate surface area is 44.0 Å². The summed E-state index contributed by atoms with van der Waals surface area (Å²) in [4.78, 5) is 10.4. The molecular weight excluding hydrogens is 88.1 g/mol. The molecule has 0 spiro atoms. The minimum Gasteiger partial charge on any atom is -0.294 e. The van der Waals surface area contributed by atoms with Gasteiger partial charge in [0.2, 0.25) is 0 Å². The highest BCUT2D eigenvalue weighted by molar-refractivity contribution is 6.00. The molecule has 0 atom stereocenters. The summed E-state index contributed by atoms with van der Waals surface area (Å²) in [6.07, 6.45) is 1.50. The number of carbonyl (C=O) groups is 1. The average Bonchev–Trinajstić information content (AvgIpc) is 1.65. The lowest BCUT2D eigenvalue weighted by Crippen LogP contribution is -1.94. The number of allylic oxidation sites excluding steroid dienone is 1. The first-order chi connectivity index (χ1) is 3.18. The van der Waals surface area contributed by atoms with E-state index in [0.29, 0.717) is 5.57 Å². The largest absolute Gasteiger partial charge is 0.294 e. The van der Waals surface area contributed by atoms with Crippen molar-refractivity contribution in [2.45, 2.75) is 13.8 Å². The van der Waals surface area contributed by atoms with Crippen LogP contribution in [0.4, 0.5) is 0 Å². The van der Waals surface area contributed by atoms with Gasteiger partial charge in [-0.05, 0) is 12.5 Å². The highest BCUT2D eigenvalue weighted by atomic mass is 16.1. The Bertz CT molecular complexity index is 92.4. The standard InChI is InChI=1S/C6H9O/c1-4-6(7)5(2)3/h4H,2H2,1,3H3. The van der Waals surface area contributed by atoms with E-state index in [2.05, 4.69) is 6.58 Å². The Kier molecular flexibility index (Phi) is 2.34. The van der Waals surface area contributed by atoms with E-state index in [4.69, 9.17) is 0 Å². The van der Waals surface area contributed by atoms with E-state index < -0.39 is 0 Å². The van der Waals surface area contributed by atoms with Crippen molar-refractivity contribution in [1.82, 2.24) is 0 Å². The molecule has 0 aromatic carbocycles. The topological polar surface area (TPSA) is 17.1 Å². The second kappa shape index (κ2) is 2.56. The molecule has 0 saturated heterocycles.